The summed E-state index contributed by atoms with van der Waals surface area (Å²) in [5.41, 5.74) is 1.76. The van der Waals surface area contributed by atoms with E-state index in [-0.39, 0.29) is 11.8 Å². The van der Waals surface area contributed by atoms with Crippen LogP contribution in [-0.4, -0.2) is 40.1 Å². The van der Waals surface area contributed by atoms with E-state index in [4.69, 9.17) is 9.63 Å². The molecule has 1 aliphatic rings. The number of aliphatic carboxylic acids is 1. The number of carboxylic acid groups (broad SMARTS) is 1. The summed E-state index contributed by atoms with van der Waals surface area (Å²) in [6.45, 7) is 5.00. The molecule has 21 heavy (non-hydrogen) atoms. The van der Waals surface area contributed by atoms with E-state index in [9.17, 15) is 9.59 Å². The largest absolute Gasteiger partial charge is 0.481 e. The molecular formula is C15H22N2O4. The highest BCUT2D eigenvalue weighted by molar-refractivity contribution is 5.79. The van der Waals surface area contributed by atoms with Crippen LogP contribution in [-0.2, 0) is 28.9 Å². The Balaban J connectivity index is 1.99. The summed E-state index contributed by atoms with van der Waals surface area (Å²) < 4.78 is 5.27. The van der Waals surface area contributed by atoms with Gasteiger partial charge in [0.1, 0.15) is 5.76 Å². The van der Waals surface area contributed by atoms with E-state index in [1.165, 1.54) is 0 Å². The van der Waals surface area contributed by atoms with Gasteiger partial charge in [-0.2, -0.15) is 0 Å². The Morgan fingerprint density at radius 1 is 1.29 bits per heavy atom. The van der Waals surface area contributed by atoms with Gasteiger partial charge in [0, 0.05) is 25.1 Å². The minimum absolute atomic E-state index is 0.0337. The fraction of sp³-hybridized carbons (Fsp3) is 0.667. The van der Waals surface area contributed by atoms with Crippen molar-refractivity contribution in [3.05, 3.63) is 17.0 Å². The third-order valence-corrected chi connectivity index (χ3v) is 4.13. The van der Waals surface area contributed by atoms with Crippen LogP contribution in [0.1, 0.15) is 43.7 Å². The van der Waals surface area contributed by atoms with Crippen LogP contribution in [0.3, 0.4) is 0 Å². The average Bonchev–Trinajstić information content (AvgIpc) is 2.89. The van der Waals surface area contributed by atoms with Crippen LogP contribution in [0.15, 0.2) is 4.52 Å². The summed E-state index contributed by atoms with van der Waals surface area (Å²) in [4.78, 5) is 25.1. The van der Waals surface area contributed by atoms with Crippen LogP contribution in [0.4, 0.5) is 0 Å². The lowest BCUT2D eigenvalue weighted by Gasteiger charge is -2.30. The molecule has 2 rings (SSSR count). The summed E-state index contributed by atoms with van der Waals surface area (Å²) in [7, 11) is 0. The number of nitrogens with zero attached hydrogens (tertiary/aromatic N) is 2. The molecule has 116 valence electrons. The normalized spacial score (nSPS) is 16.2. The van der Waals surface area contributed by atoms with E-state index in [0.29, 0.717) is 32.4 Å². The lowest BCUT2D eigenvalue weighted by atomic mass is 9.96. The SMILES string of the molecule is CCc1noc(CC)c1CC(=O)N1CCC(C(=O)O)CC1. The van der Waals surface area contributed by atoms with Crippen molar-refractivity contribution in [3.8, 4) is 0 Å². The molecule has 1 saturated heterocycles. The molecular weight excluding hydrogens is 272 g/mol. The van der Waals surface area contributed by atoms with E-state index in [2.05, 4.69) is 5.16 Å². The van der Waals surface area contributed by atoms with Crippen molar-refractivity contribution in [2.75, 3.05) is 13.1 Å². The maximum absolute atomic E-state index is 12.4. The van der Waals surface area contributed by atoms with Crippen LogP contribution >= 0.6 is 0 Å². The molecule has 1 fully saturated rings. The molecule has 0 aliphatic carbocycles. The fourth-order valence-corrected chi connectivity index (χ4v) is 2.78. The topological polar surface area (TPSA) is 83.6 Å². The smallest absolute Gasteiger partial charge is 0.306 e. The molecule has 6 heteroatoms. The first-order valence-electron chi connectivity index (χ1n) is 7.53. The number of piperidine rings is 1. The zero-order chi connectivity index (χ0) is 15.4. The average molecular weight is 294 g/mol. The molecule has 0 bridgehead atoms. The summed E-state index contributed by atoms with van der Waals surface area (Å²) >= 11 is 0. The maximum atomic E-state index is 12.4. The number of carboxylic acids is 1. The summed E-state index contributed by atoms with van der Waals surface area (Å²) in [5, 5.41) is 13.0. The maximum Gasteiger partial charge on any atom is 0.306 e. The van der Waals surface area contributed by atoms with Gasteiger partial charge in [-0.05, 0) is 19.3 Å². The number of hydrogen-bond acceptors (Lipinski definition) is 4. The van der Waals surface area contributed by atoms with E-state index in [0.717, 1.165) is 29.9 Å². The second kappa shape index (κ2) is 6.74. The first kappa shape index (κ1) is 15.5. The zero-order valence-corrected chi connectivity index (χ0v) is 12.6. The van der Waals surface area contributed by atoms with Gasteiger partial charge < -0.3 is 14.5 Å². The second-order valence-corrected chi connectivity index (χ2v) is 5.41. The Labute approximate surface area is 124 Å². The van der Waals surface area contributed by atoms with Crippen LogP contribution in [0.2, 0.25) is 0 Å². The number of aryl methyl sites for hydroxylation is 2. The quantitative estimate of drug-likeness (QED) is 0.893. The number of amides is 1. The number of aromatic nitrogens is 1. The van der Waals surface area contributed by atoms with Crippen molar-refractivity contribution in [1.29, 1.82) is 0 Å². The van der Waals surface area contributed by atoms with E-state index < -0.39 is 5.97 Å². The fourth-order valence-electron chi connectivity index (χ4n) is 2.78. The highest BCUT2D eigenvalue weighted by Gasteiger charge is 2.28. The molecule has 0 radical (unpaired) electrons. The molecule has 2 heterocycles. The lowest BCUT2D eigenvalue weighted by Crippen LogP contribution is -2.41. The zero-order valence-electron chi connectivity index (χ0n) is 12.6. The van der Waals surface area contributed by atoms with Gasteiger partial charge in [0.15, 0.2) is 0 Å². The number of carbonyl (C=O) groups excluding carboxylic acids is 1. The monoisotopic (exact) mass is 294 g/mol. The van der Waals surface area contributed by atoms with Gasteiger partial charge in [-0.25, -0.2) is 0 Å². The number of rotatable bonds is 5. The Morgan fingerprint density at radius 2 is 1.95 bits per heavy atom. The summed E-state index contributed by atoms with van der Waals surface area (Å²) in [6, 6.07) is 0. The lowest BCUT2D eigenvalue weighted by molar-refractivity contribution is -0.145. The minimum atomic E-state index is -0.761. The molecule has 1 aromatic rings. The number of likely N-dealkylation sites (tertiary alicyclic amines) is 1. The minimum Gasteiger partial charge on any atom is -0.481 e. The Morgan fingerprint density at radius 3 is 2.48 bits per heavy atom. The molecule has 1 aromatic heterocycles. The molecule has 0 aromatic carbocycles. The number of hydrogen-bond donors (Lipinski definition) is 1. The summed E-state index contributed by atoms with van der Waals surface area (Å²) in [6.07, 6.45) is 2.83. The highest BCUT2D eigenvalue weighted by atomic mass is 16.5. The Hall–Kier alpha value is -1.85. The molecule has 0 spiro atoms. The molecule has 6 nitrogen and oxygen atoms in total. The van der Waals surface area contributed by atoms with Gasteiger partial charge in [0.2, 0.25) is 5.91 Å². The third-order valence-electron chi connectivity index (χ3n) is 4.13. The molecule has 1 N–H and O–H groups in total. The van der Waals surface area contributed by atoms with Gasteiger partial charge in [-0.15, -0.1) is 0 Å². The molecule has 1 aliphatic heterocycles. The molecule has 0 atom stereocenters. The Bertz CT molecular complexity index is 494. The van der Waals surface area contributed by atoms with Crippen molar-refractivity contribution in [3.63, 3.8) is 0 Å². The van der Waals surface area contributed by atoms with Crippen molar-refractivity contribution >= 4 is 11.9 Å². The van der Waals surface area contributed by atoms with Crippen LogP contribution < -0.4 is 0 Å². The van der Waals surface area contributed by atoms with Crippen LogP contribution in [0, 0.1) is 5.92 Å². The first-order valence-corrected chi connectivity index (χ1v) is 7.53. The van der Waals surface area contributed by atoms with Crippen molar-refractivity contribution < 1.29 is 19.2 Å². The standard InChI is InChI=1S/C15H22N2O4/c1-3-12-11(13(4-2)21-16-12)9-14(18)17-7-5-10(6-8-17)15(19)20/h10H,3-9H2,1-2H3,(H,19,20). The molecule has 0 saturated carbocycles. The van der Waals surface area contributed by atoms with Crippen molar-refractivity contribution in [1.82, 2.24) is 10.1 Å². The highest BCUT2D eigenvalue weighted by Crippen LogP contribution is 2.21. The van der Waals surface area contributed by atoms with E-state index in [1.807, 2.05) is 13.8 Å². The van der Waals surface area contributed by atoms with Gasteiger partial charge in [0.05, 0.1) is 18.0 Å². The number of carbonyl (C=O) groups is 2. The van der Waals surface area contributed by atoms with Gasteiger partial charge in [-0.1, -0.05) is 19.0 Å². The molecule has 0 unspecified atom stereocenters. The van der Waals surface area contributed by atoms with Gasteiger partial charge in [0.25, 0.3) is 0 Å². The van der Waals surface area contributed by atoms with E-state index >= 15 is 0 Å². The van der Waals surface area contributed by atoms with Gasteiger partial charge >= 0.3 is 5.97 Å². The van der Waals surface area contributed by atoms with Crippen molar-refractivity contribution in [2.45, 2.75) is 46.0 Å². The predicted molar refractivity (Wildman–Crippen MR) is 75.9 cm³/mol. The van der Waals surface area contributed by atoms with Crippen molar-refractivity contribution in [2.24, 2.45) is 5.92 Å². The Kier molecular flexibility index (Phi) is 4.98. The van der Waals surface area contributed by atoms with Crippen LogP contribution in [0.5, 0.6) is 0 Å². The third kappa shape index (κ3) is 3.43. The second-order valence-electron chi connectivity index (χ2n) is 5.41. The first-order chi connectivity index (χ1) is 10.1. The van der Waals surface area contributed by atoms with E-state index in [1.54, 1.807) is 4.90 Å². The predicted octanol–water partition coefficient (Wildman–Crippen LogP) is 1.67. The molecule has 1 amide bonds. The summed E-state index contributed by atoms with van der Waals surface area (Å²) in [5.74, 6) is -0.267. The van der Waals surface area contributed by atoms with Gasteiger partial charge in [-0.3, -0.25) is 9.59 Å². The van der Waals surface area contributed by atoms with Crippen LogP contribution in [0.25, 0.3) is 0 Å².